The molecule has 0 saturated heterocycles. The molecule has 0 aromatic heterocycles. The minimum atomic E-state index is -4.55. The number of carbonyl (C=O) groups is 1. The fourth-order valence-electron chi connectivity index (χ4n) is 1.61. The predicted molar refractivity (Wildman–Crippen MR) is 53.1 cm³/mol. The summed E-state index contributed by atoms with van der Waals surface area (Å²) in [7, 11) is 0. The molecular formula is C12H10F4O. The smallest absolute Gasteiger partial charge is 0.294 e. The molecule has 92 valence electrons. The zero-order chi connectivity index (χ0) is 12.6. The molecule has 2 rings (SSSR count). The monoisotopic (exact) mass is 246 g/mol. The van der Waals surface area contributed by atoms with Crippen molar-refractivity contribution >= 4 is 5.78 Å². The summed E-state index contributed by atoms with van der Waals surface area (Å²) in [6, 6.07) is 1.94. The fourth-order valence-corrected chi connectivity index (χ4v) is 1.61. The van der Waals surface area contributed by atoms with Gasteiger partial charge in [-0.2, -0.15) is 13.2 Å². The van der Waals surface area contributed by atoms with Gasteiger partial charge in [0.15, 0.2) is 5.78 Å². The van der Waals surface area contributed by atoms with Gasteiger partial charge in [0.25, 0.3) is 0 Å². The van der Waals surface area contributed by atoms with Crippen LogP contribution in [0.4, 0.5) is 17.6 Å². The maximum atomic E-state index is 13.3. The third-order valence-corrected chi connectivity index (χ3v) is 2.77. The Hall–Kier alpha value is -1.39. The van der Waals surface area contributed by atoms with Crippen molar-refractivity contribution in [3.05, 3.63) is 35.1 Å². The Kier molecular flexibility index (Phi) is 2.93. The lowest BCUT2D eigenvalue weighted by molar-refractivity contribution is -0.137. The second-order valence-corrected chi connectivity index (χ2v) is 4.26. The van der Waals surface area contributed by atoms with E-state index < -0.39 is 28.9 Å². The summed E-state index contributed by atoms with van der Waals surface area (Å²) in [5.41, 5.74) is -1.44. The van der Waals surface area contributed by atoms with Crippen molar-refractivity contribution in [3.8, 4) is 0 Å². The lowest BCUT2D eigenvalue weighted by Gasteiger charge is -2.09. The Labute approximate surface area is 95.4 Å². The zero-order valence-electron chi connectivity index (χ0n) is 8.85. The largest absolute Gasteiger partial charge is 0.416 e. The number of carbonyl (C=O) groups excluding carboxylic acids is 1. The molecule has 0 bridgehead atoms. The van der Waals surface area contributed by atoms with E-state index in [1.54, 1.807) is 0 Å². The van der Waals surface area contributed by atoms with Crippen LogP contribution in [0.25, 0.3) is 0 Å². The van der Waals surface area contributed by atoms with Crippen molar-refractivity contribution in [3.63, 3.8) is 0 Å². The Morgan fingerprint density at radius 3 is 2.47 bits per heavy atom. The van der Waals surface area contributed by atoms with E-state index in [1.165, 1.54) is 0 Å². The van der Waals surface area contributed by atoms with Crippen LogP contribution in [0.15, 0.2) is 18.2 Å². The zero-order valence-corrected chi connectivity index (χ0v) is 8.85. The van der Waals surface area contributed by atoms with E-state index in [0.29, 0.717) is 18.2 Å². The second-order valence-electron chi connectivity index (χ2n) is 4.26. The third kappa shape index (κ3) is 2.84. The molecule has 1 aliphatic carbocycles. The summed E-state index contributed by atoms with van der Waals surface area (Å²) in [6.45, 7) is 0. The van der Waals surface area contributed by atoms with E-state index in [-0.39, 0.29) is 12.3 Å². The van der Waals surface area contributed by atoms with Crippen molar-refractivity contribution in [1.82, 2.24) is 0 Å². The highest BCUT2D eigenvalue weighted by Crippen LogP contribution is 2.35. The molecule has 0 radical (unpaired) electrons. The van der Waals surface area contributed by atoms with Gasteiger partial charge in [-0.25, -0.2) is 4.39 Å². The van der Waals surface area contributed by atoms with Crippen molar-refractivity contribution in [1.29, 1.82) is 0 Å². The first-order valence-electron chi connectivity index (χ1n) is 5.28. The average Bonchev–Trinajstić information content (AvgIpc) is 3.00. The minimum absolute atomic E-state index is 0.137. The Morgan fingerprint density at radius 2 is 1.94 bits per heavy atom. The summed E-state index contributed by atoms with van der Waals surface area (Å²) >= 11 is 0. The van der Waals surface area contributed by atoms with Crippen LogP contribution in [-0.2, 0) is 6.18 Å². The number of halogens is 4. The summed E-state index contributed by atoms with van der Waals surface area (Å²) in [6.07, 6.45) is -2.63. The standard InChI is InChI=1S/C12H10F4O/c13-10-4-3-8(12(14,15)16)6-9(10)11(17)5-7-1-2-7/h3-4,6-7H,1-2,5H2. The van der Waals surface area contributed by atoms with Gasteiger partial charge in [-0.15, -0.1) is 0 Å². The summed E-state index contributed by atoms with van der Waals surface area (Å²) < 4.78 is 50.5. The van der Waals surface area contributed by atoms with E-state index in [2.05, 4.69) is 0 Å². The van der Waals surface area contributed by atoms with Crippen LogP contribution in [-0.4, -0.2) is 5.78 Å². The van der Waals surface area contributed by atoms with Crippen molar-refractivity contribution < 1.29 is 22.4 Å². The van der Waals surface area contributed by atoms with Crippen LogP contribution < -0.4 is 0 Å². The molecule has 0 aliphatic heterocycles. The topological polar surface area (TPSA) is 17.1 Å². The molecule has 1 saturated carbocycles. The number of rotatable bonds is 3. The quantitative estimate of drug-likeness (QED) is 0.585. The SMILES string of the molecule is O=C(CC1CC1)c1cc(C(F)(F)F)ccc1F. The van der Waals surface area contributed by atoms with Gasteiger partial charge < -0.3 is 0 Å². The van der Waals surface area contributed by atoms with Crippen LogP contribution in [0, 0.1) is 11.7 Å². The fraction of sp³-hybridized carbons (Fsp3) is 0.417. The van der Waals surface area contributed by atoms with Gasteiger partial charge in [-0.3, -0.25) is 4.79 Å². The predicted octanol–water partition coefficient (Wildman–Crippen LogP) is 3.83. The molecule has 1 aromatic rings. The van der Waals surface area contributed by atoms with Crippen molar-refractivity contribution in [2.45, 2.75) is 25.4 Å². The Morgan fingerprint density at radius 1 is 1.29 bits per heavy atom. The summed E-state index contributed by atoms with van der Waals surface area (Å²) in [5, 5.41) is 0. The van der Waals surface area contributed by atoms with Crippen LogP contribution >= 0.6 is 0 Å². The van der Waals surface area contributed by atoms with Crippen LogP contribution in [0.5, 0.6) is 0 Å². The Balaban J connectivity index is 2.28. The average molecular weight is 246 g/mol. The molecule has 1 fully saturated rings. The molecule has 0 amide bonds. The molecule has 0 N–H and O–H groups in total. The van der Waals surface area contributed by atoms with Gasteiger partial charge in [0.05, 0.1) is 11.1 Å². The number of hydrogen-bond donors (Lipinski definition) is 0. The normalized spacial score (nSPS) is 16.0. The number of benzene rings is 1. The number of Topliss-reactive ketones (excluding diaryl/α,β-unsaturated/α-hetero) is 1. The van der Waals surface area contributed by atoms with E-state index in [0.717, 1.165) is 12.8 Å². The highest BCUT2D eigenvalue weighted by molar-refractivity contribution is 5.96. The van der Waals surface area contributed by atoms with Gasteiger partial charge >= 0.3 is 6.18 Å². The molecule has 0 heterocycles. The molecule has 1 aromatic carbocycles. The molecular weight excluding hydrogens is 236 g/mol. The molecule has 17 heavy (non-hydrogen) atoms. The molecule has 1 aliphatic rings. The molecule has 0 spiro atoms. The van der Waals surface area contributed by atoms with Gasteiger partial charge in [0.2, 0.25) is 0 Å². The summed E-state index contributed by atoms with van der Waals surface area (Å²) in [4.78, 5) is 11.6. The lowest BCUT2D eigenvalue weighted by atomic mass is 10.0. The molecule has 1 nitrogen and oxygen atoms in total. The van der Waals surface area contributed by atoms with Gasteiger partial charge in [0.1, 0.15) is 5.82 Å². The van der Waals surface area contributed by atoms with E-state index in [1.807, 2.05) is 0 Å². The number of hydrogen-bond acceptors (Lipinski definition) is 1. The molecule has 0 atom stereocenters. The summed E-state index contributed by atoms with van der Waals surface area (Å²) in [5.74, 6) is -1.21. The van der Waals surface area contributed by atoms with Crippen molar-refractivity contribution in [2.75, 3.05) is 0 Å². The van der Waals surface area contributed by atoms with E-state index >= 15 is 0 Å². The molecule has 5 heteroatoms. The highest BCUT2D eigenvalue weighted by atomic mass is 19.4. The highest BCUT2D eigenvalue weighted by Gasteiger charge is 2.32. The third-order valence-electron chi connectivity index (χ3n) is 2.77. The van der Waals surface area contributed by atoms with Crippen molar-refractivity contribution in [2.24, 2.45) is 5.92 Å². The van der Waals surface area contributed by atoms with Gasteiger partial charge in [-0.05, 0) is 37.0 Å². The first-order chi connectivity index (χ1) is 7.88. The van der Waals surface area contributed by atoms with E-state index in [9.17, 15) is 22.4 Å². The van der Waals surface area contributed by atoms with Crippen LogP contribution in [0.1, 0.15) is 35.2 Å². The van der Waals surface area contributed by atoms with Crippen LogP contribution in [0.2, 0.25) is 0 Å². The van der Waals surface area contributed by atoms with E-state index in [4.69, 9.17) is 0 Å². The van der Waals surface area contributed by atoms with Gasteiger partial charge in [-0.1, -0.05) is 0 Å². The minimum Gasteiger partial charge on any atom is -0.294 e. The molecule has 0 unspecified atom stereocenters. The first-order valence-corrected chi connectivity index (χ1v) is 5.28. The first kappa shape index (κ1) is 12.1. The maximum Gasteiger partial charge on any atom is 0.416 e. The van der Waals surface area contributed by atoms with Crippen LogP contribution in [0.3, 0.4) is 0 Å². The number of alkyl halides is 3. The number of ketones is 1. The lowest BCUT2D eigenvalue weighted by Crippen LogP contribution is -2.09. The Bertz CT molecular complexity index is 446. The maximum absolute atomic E-state index is 13.3. The van der Waals surface area contributed by atoms with Gasteiger partial charge in [0, 0.05) is 6.42 Å². The second kappa shape index (κ2) is 4.13.